The second kappa shape index (κ2) is 1.57. The molecule has 1 fully saturated rings. The van der Waals surface area contributed by atoms with E-state index in [0.717, 1.165) is 13.2 Å². The molecule has 0 N–H and O–H groups in total. The fourth-order valence-corrected chi connectivity index (χ4v) is 1.32. The maximum Gasteiger partial charge on any atom is 0.106 e. The van der Waals surface area contributed by atoms with Crippen molar-refractivity contribution in [3.63, 3.8) is 0 Å². The fraction of sp³-hybridized carbons (Fsp3) is 0.857. The summed E-state index contributed by atoms with van der Waals surface area (Å²) in [7, 11) is 0. The summed E-state index contributed by atoms with van der Waals surface area (Å²) in [5.74, 6) is 0. The van der Waals surface area contributed by atoms with Crippen LogP contribution in [0, 0.1) is 0 Å². The van der Waals surface area contributed by atoms with E-state index in [9.17, 15) is 0 Å². The first kappa shape index (κ1) is 5.42. The lowest BCUT2D eigenvalue weighted by atomic mass is 10.2. The van der Waals surface area contributed by atoms with Crippen molar-refractivity contribution in [3.05, 3.63) is 0 Å². The molecule has 0 aromatic carbocycles. The lowest BCUT2D eigenvalue weighted by molar-refractivity contribution is 0.0771. The minimum atomic E-state index is 0.137. The Morgan fingerprint density at radius 2 is 2.33 bits per heavy atom. The Kier molecular flexibility index (Phi) is 0.943. The molecule has 0 unspecified atom stereocenters. The lowest BCUT2D eigenvalue weighted by Gasteiger charge is -2.20. The second-order valence-electron chi connectivity index (χ2n) is 2.81. The van der Waals surface area contributed by atoms with E-state index in [4.69, 9.17) is 4.74 Å². The molecule has 2 aliphatic rings. The first-order chi connectivity index (χ1) is 4.33. The summed E-state index contributed by atoms with van der Waals surface area (Å²) in [5.41, 5.74) is 1.35. The van der Waals surface area contributed by atoms with Crippen LogP contribution in [0.5, 0.6) is 0 Å². The van der Waals surface area contributed by atoms with Gasteiger partial charge in [0.05, 0.1) is 13.2 Å². The average Bonchev–Trinajstić information content (AvgIpc) is 2.60. The summed E-state index contributed by atoms with van der Waals surface area (Å²) < 4.78 is 5.56. The molecule has 0 radical (unpaired) electrons. The first-order valence-electron chi connectivity index (χ1n) is 3.49. The summed E-state index contributed by atoms with van der Waals surface area (Å²) in [4.78, 5) is 4.34. The molecule has 0 atom stereocenters. The highest BCUT2D eigenvalue weighted by atomic mass is 16.5. The maximum absolute atomic E-state index is 5.56. The molecular formula is C7H11NO. The second-order valence-corrected chi connectivity index (χ2v) is 2.81. The van der Waals surface area contributed by atoms with Gasteiger partial charge in [-0.2, -0.15) is 0 Å². The molecule has 0 aromatic rings. The molecule has 0 amide bonds. The molecule has 1 aliphatic carbocycles. The van der Waals surface area contributed by atoms with Crippen molar-refractivity contribution in [3.8, 4) is 0 Å². The monoisotopic (exact) mass is 125 g/mol. The average molecular weight is 125 g/mol. The van der Waals surface area contributed by atoms with Gasteiger partial charge in [0, 0.05) is 5.71 Å². The third-order valence-electron chi connectivity index (χ3n) is 2.18. The largest absolute Gasteiger partial charge is 0.367 e. The van der Waals surface area contributed by atoms with E-state index in [1.54, 1.807) is 0 Å². The maximum atomic E-state index is 5.56. The zero-order valence-electron chi connectivity index (χ0n) is 5.68. The van der Waals surface area contributed by atoms with Gasteiger partial charge >= 0.3 is 0 Å². The molecule has 1 aliphatic heterocycles. The highest BCUT2D eigenvalue weighted by molar-refractivity contribution is 5.93. The van der Waals surface area contributed by atoms with Crippen LogP contribution < -0.4 is 0 Å². The Bertz CT molecular complexity index is 158. The van der Waals surface area contributed by atoms with Crippen molar-refractivity contribution in [2.75, 3.05) is 13.2 Å². The van der Waals surface area contributed by atoms with Crippen LogP contribution in [0.3, 0.4) is 0 Å². The molecule has 0 aromatic heterocycles. The first-order valence-corrected chi connectivity index (χ1v) is 3.49. The molecule has 0 saturated heterocycles. The SMILES string of the molecule is CC1=NCCOC12CC2. The van der Waals surface area contributed by atoms with E-state index in [-0.39, 0.29) is 5.60 Å². The van der Waals surface area contributed by atoms with E-state index in [2.05, 4.69) is 11.9 Å². The Labute approximate surface area is 54.9 Å². The van der Waals surface area contributed by atoms with Crippen molar-refractivity contribution in [1.29, 1.82) is 0 Å². The number of hydrogen-bond donors (Lipinski definition) is 0. The molecule has 2 rings (SSSR count). The van der Waals surface area contributed by atoms with E-state index >= 15 is 0 Å². The highest BCUT2D eigenvalue weighted by Crippen LogP contribution is 2.42. The molecule has 9 heavy (non-hydrogen) atoms. The van der Waals surface area contributed by atoms with Crippen molar-refractivity contribution in [2.24, 2.45) is 4.99 Å². The summed E-state index contributed by atoms with van der Waals surface area (Å²) in [5, 5.41) is 0. The molecule has 2 nitrogen and oxygen atoms in total. The summed E-state index contributed by atoms with van der Waals surface area (Å²) in [6.07, 6.45) is 2.39. The van der Waals surface area contributed by atoms with E-state index in [1.165, 1.54) is 18.6 Å². The van der Waals surface area contributed by atoms with Gasteiger partial charge in [-0.1, -0.05) is 0 Å². The molecule has 1 spiro atoms. The standard InChI is InChI=1S/C7H11NO/c1-6-7(2-3-7)9-5-4-8-6/h2-5H2,1H3. The zero-order chi connectivity index (χ0) is 6.32. The van der Waals surface area contributed by atoms with Crippen LogP contribution in [0.25, 0.3) is 0 Å². The fourth-order valence-electron chi connectivity index (χ4n) is 1.32. The quantitative estimate of drug-likeness (QED) is 0.473. The molecule has 1 saturated carbocycles. The van der Waals surface area contributed by atoms with Gasteiger partial charge in [0.1, 0.15) is 5.60 Å². The van der Waals surface area contributed by atoms with Crippen LogP contribution in [0.1, 0.15) is 19.8 Å². The minimum absolute atomic E-state index is 0.137. The van der Waals surface area contributed by atoms with Gasteiger partial charge < -0.3 is 4.74 Å². The number of ether oxygens (including phenoxy) is 1. The van der Waals surface area contributed by atoms with Gasteiger partial charge in [-0.25, -0.2) is 0 Å². The molecule has 1 heterocycles. The van der Waals surface area contributed by atoms with Crippen molar-refractivity contribution < 1.29 is 4.74 Å². The Morgan fingerprint density at radius 1 is 1.56 bits per heavy atom. The van der Waals surface area contributed by atoms with Crippen molar-refractivity contribution in [2.45, 2.75) is 25.4 Å². The van der Waals surface area contributed by atoms with E-state index in [1.807, 2.05) is 0 Å². The molecular weight excluding hydrogens is 114 g/mol. The number of hydrogen-bond acceptors (Lipinski definition) is 2. The van der Waals surface area contributed by atoms with Crippen LogP contribution >= 0.6 is 0 Å². The smallest absolute Gasteiger partial charge is 0.106 e. The predicted molar refractivity (Wildman–Crippen MR) is 35.9 cm³/mol. The highest BCUT2D eigenvalue weighted by Gasteiger charge is 2.47. The summed E-state index contributed by atoms with van der Waals surface area (Å²) >= 11 is 0. The van der Waals surface area contributed by atoms with Gasteiger partial charge in [-0.05, 0) is 19.8 Å². The third kappa shape index (κ3) is 0.697. The number of rotatable bonds is 0. The molecule has 2 heteroatoms. The minimum Gasteiger partial charge on any atom is -0.367 e. The van der Waals surface area contributed by atoms with Crippen LogP contribution in [0.2, 0.25) is 0 Å². The van der Waals surface area contributed by atoms with Gasteiger partial charge in [0.15, 0.2) is 0 Å². The van der Waals surface area contributed by atoms with Gasteiger partial charge in [-0.3, -0.25) is 4.99 Å². The van der Waals surface area contributed by atoms with Crippen LogP contribution in [-0.2, 0) is 4.74 Å². The topological polar surface area (TPSA) is 21.6 Å². The number of aliphatic imine (C=N–C) groups is 1. The number of nitrogens with zero attached hydrogens (tertiary/aromatic N) is 1. The summed E-state index contributed by atoms with van der Waals surface area (Å²) in [6, 6.07) is 0. The Balaban J connectivity index is 2.22. The Hall–Kier alpha value is -0.370. The summed E-state index contributed by atoms with van der Waals surface area (Å²) in [6.45, 7) is 3.77. The van der Waals surface area contributed by atoms with Gasteiger partial charge in [-0.15, -0.1) is 0 Å². The van der Waals surface area contributed by atoms with Gasteiger partial charge in [0.2, 0.25) is 0 Å². The van der Waals surface area contributed by atoms with Crippen LogP contribution in [0.15, 0.2) is 4.99 Å². The van der Waals surface area contributed by atoms with Crippen molar-refractivity contribution >= 4 is 5.71 Å². The van der Waals surface area contributed by atoms with Crippen LogP contribution in [-0.4, -0.2) is 24.5 Å². The third-order valence-corrected chi connectivity index (χ3v) is 2.18. The van der Waals surface area contributed by atoms with Gasteiger partial charge in [0.25, 0.3) is 0 Å². The molecule has 0 bridgehead atoms. The van der Waals surface area contributed by atoms with E-state index in [0.29, 0.717) is 0 Å². The normalized spacial score (nSPS) is 30.1. The van der Waals surface area contributed by atoms with E-state index < -0.39 is 0 Å². The zero-order valence-corrected chi connectivity index (χ0v) is 5.68. The van der Waals surface area contributed by atoms with Crippen LogP contribution in [0.4, 0.5) is 0 Å². The molecule has 50 valence electrons. The van der Waals surface area contributed by atoms with Crippen molar-refractivity contribution in [1.82, 2.24) is 0 Å². The lowest BCUT2D eigenvalue weighted by Crippen LogP contribution is -2.29. The Morgan fingerprint density at radius 3 is 2.78 bits per heavy atom. The predicted octanol–water partition coefficient (Wildman–Crippen LogP) is 1.01.